The quantitative estimate of drug-likeness (QED) is 0.521. The van der Waals surface area contributed by atoms with Crippen LogP contribution in [-0.2, 0) is 16.4 Å². The van der Waals surface area contributed by atoms with Gasteiger partial charge in [-0.15, -0.1) is 0 Å². The maximum Gasteiger partial charge on any atom is 0.216 e. The lowest BCUT2D eigenvalue weighted by Crippen LogP contribution is -2.04. The Balaban J connectivity index is 1.92. The molecule has 3 rings (SSSR count). The highest BCUT2D eigenvalue weighted by Crippen LogP contribution is 2.26. The zero-order valence-corrected chi connectivity index (χ0v) is 16.3. The van der Waals surface area contributed by atoms with E-state index in [0.717, 1.165) is 5.56 Å². The number of nitrogens with zero attached hydrogens (tertiary/aromatic N) is 1. The predicted octanol–water partition coefficient (Wildman–Crippen LogP) is 5.26. The summed E-state index contributed by atoms with van der Waals surface area (Å²) >= 11 is 5.99. The van der Waals surface area contributed by atoms with Crippen LogP contribution in [0.15, 0.2) is 88.7 Å². The van der Waals surface area contributed by atoms with Crippen LogP contribution in [0, 0.1) is 11.3 Å². The summed E-state index contributed by atoms with van der Waals surface area (Å²) in [5, 5.41) is 10.1. The summed E-state index contributed by atoms with van der Waals surface area (Å²) in [4.78, 5) is -0.280. The van der Waals surface area contributed by atoms with Gasteiger partial charge in [0.1, 0.15) is 23.3 Å². The molecule has 0 saturated heterocycles. The van der Waals surface area contributed by atoms with E-state index >= 15 is 0 Å². The molecule has 0 N–H and O–H groups in total. The third-order valence-corrected chi connectivity index (χ3v) is 5.86. The molecule has 0 bridgehead atoms. The van der Waals surface area contributed by atoms with Crippen molar-refractivity contribution in [3.05, 3.63) is 99.9 Å². The number of ether oxygens (including phenoxy) is 1. The lowest BCUT2D eigenvalue weighted by molar-refractivity contribution is 0.305. The van der Waals surface area contributed by atoms with E-state index in [9.17, 15) is 13.7 Å². The van der Waals surface area contributed by atoms with E-state index in [1.54, 1.807) is 60.7 Å². The van der Waals surface area contributed by atoms with Crippen LogP contribution in [0.1, 0.15) is 11.1 Å². The molecule has 6 heteroatoms. The first-order valence-corrected chi connectivity index (χ1v) is 10.2. The SMILES string of the molecule is N#CC(=Cc1ccccc1OCc1cccc(Cl)c1)S(=O)(=O)c1ccccc1. The summed E-state index contributed by atoms with van der Waals surface area (Å²) in [5.41, 5.74) is 1.38. The van der Waals surface area contributed by atoms with Crippen molar-refractivity contribution in [1.82, 2.24) is 0 Å². The number of hydrogen-bond acceptors (Lipinski definition) is 4. The third-order valence-electron chi connectivity index (χ3n) is 3.94. The largest absolute Gasteiger partial charge is 0.488 e. The second kappa shape index (κ2) is 8.75. The van der Waals surface area contributed by atoms with E-state index in [4.69, 9.17) is 16.3 Å². The highest BCUT2D eigenvalue weighted by atomic mass is 35.5. The van der Waals surface area contributed by atoms with Crippen LogP contribution in [-0.4, -0.2) is 8.42 Å². The summed E-state index contributed by atoms with van der Waals surface area (Å²) in [6, 6.07) is 23.9. The Bertz CT molecular complexity index is 1150. The molecule has 0 atom stereocenters. The van der Waals surface area contributed by atoms with Crippen LogP contribution in [0.3, 0.4) is 0 Å². The standard InChI is InChI=1S/C22H16ClNO3S/c23-19-9-6-7-17(13-19)16-27-22-12-5-4-8-18(22)14-21(15-24)28(25,26)20-10-2-1-3-11-20/h1-14H,16H2. The summed E-state index contributed by atoms with van der Waals surface area (Å²) < 4.78 is 31.3. The molecule has 3 aromatic rings. The van der Waals surface area contributed by atoms with E-state index in [-0.39, 0.29) is 16.4 Å². The molecule has 28 heavy (non-hydrogen) atoms. The Morgan fingerprint density at radius 1 is 1.00 bits per heavy atom. The van der Waals surface area contributed by atoms with Crippen LogP contribution in [0.5, 0.6) is 5.75 Å². The minimum atomic E-state index is -3.91. The van der Waals surface area contributed by atoms with Gasteiger partial charge in [0, 0.05) is 10.6 Å². The van der Waals surface area contributed by atoms with Crippen molar-refractivity contribution in [2.24, 2.45) is 0 Å². The minimum Gasteiger partial charge on any atom is -0.488 e. The maximum absolute atomic E-state index is 12.7. The van der Waals surface area contributed by atoms with Gasteiger partial charge in [-0.25, -0.2) is 8.42 Å². The number of sulfone groups is 1. The Hall–Kier alpha value is -3.07. The molecule has 0 unspecified atom stereocenters. The highest BCUT2D eigenvalue weighted by Gasteiger charge is 2.21. The van der Waals surface area contributed by atoms with Gasteiger partial charge in [-0.2, -0.15) is 5.26 Å². The first-order chi connectivity index (χ1) is 13.5. The lowest BCUT2D eigenvalue weighted by atomic mass is 10.2. The summed E-state index contributed by atoms with van der Waals surface area (Å²) in [7, 11) is -3.91. The second-order valence-electron chi connectivity index (χ2n) is 5.89. The average Bonchev–Trinajstić information content (AvgIpc) is 2.71. The molecule has 0 heterocycles. The normalized spacial score (nSPS) is 11.6. The molecule has 0 aromatic heterocycles. The molecule has 0 fully saturated rings. The number of hydrogen-bond donors (Lipinski definition) is 0. The zero-order chi connectivity index (χ0) is 20.0. The van der Waals surface area contributed by atoms with Gasteiger partial charge in [0.2, 0.25) is 9.84 Å². The number of allylic oxidation sites excluding steroid dienone is 1. The van der Waals surface area contributed by atoms with Gasteiger partial charge in [0.05, 0.1) is 4.90 Å². The van der Waals surface area contributed by atoms with Crippen molar-refractivity contribution in [2.75, 3.05) is 0 Å². The van der Waals surface area contributed by atoms with Crippen molar-refractivity contribution in [1.29, 1.82) is 5.26 Å². The smallest absolute Gasteiger partial charge is 0.216 e. The molecule has 0 aliphatic carbocycles. The fourth-order valence-corrected chi connectivity index (χ4v) is 3.94. The van der Waals surface area contributed by atoms with E-state index < -0.39 is 9.84 Å². The summed E-state index contributed by atoms with van der Waals surface area (Å²) in [5.74, 6) is 0.471. The van der Waals surface area contributed by atoms with Crippen molar-refractivity contribution in [3.63, 3.8) is 0 Å². The van der Waals surface area contributed by atoms with Gasteiger partial charge >= 0.3 is 0 Å². The molecule has 0 spiro atoms. The fourth-order valence-electron chi connectivity index (χ4n) is 2.56. The summed E-state index contributed by atoms with van der Waals surface area (Å²) in [6.45, 7) is 0.263. The Morgan fingerprint density at radius 2 is 1.71 bits per heavy atom. The number of nitriles is 1. The van der Waals surface area contributed by atoms with Gasteiger partial charge in [0.15, 0.2) is 0 Å². The van der Waals surface area contributed by atoms with Crippen LogP contribution in [0.2, 0.25) is 5.02 Å². The number of rotatable bonds is 6. The van der Waals surface area contributed by atoms with Crippen molar-refractivity contribution in [3.8, 4) is 11.8 Å². The Kier molecular flexibility index (Phi) is 6.15. The second-order valence-corrected chi connectivity index (χ2v) is 8.25. The van der Waals surface area contributed by atoms with Gasteiger partial charge in [0.25, 0.3) is 0 Å². The Labute approximate surface area is 169 Å². The molecule has 0 aliphatic heterocycles. The molecule has 0 amide bonds. The number of benzene rings is 3. The zero-order valence-electron chi connectivity index (χ0n) is 14.7. The maximum atomic E-state index is 12.7. The predicted molar refractivity (Wildman–Crippen MR) is 109 cm³/mol. The first kappa shape index (κ1) is 19.7. The van der Waals surface area contributed by atoms with Crippen molar-refractivity contribution < 1.29 is 13.2 Å². The molecule has 3 aromatic carbocycles. The average molecular weight is 410 g/mol. The van der Waals surface area contributed by atoms with E-state index in [2.05, 4.69) is 0 Å². The summed E-state index contributed by atoms with van der Waals surface area (Å²) in [6.07, 6.45) is 1.33. The van der Waals surface area contributed by atoms with Crippen LogP contribution in [0.4, 0.5) is 0 Å². The minimum absolute atomic E-state index is 0.0696. The fraction of sp³-hybridized carbons (Fsp3) is 0.0455. The van der Waals surface area contributed by atoms with Crippen LogP contribution >= 0.6 is 11.6 Å². The van der Waals surface area contributed by atoms with Crippen LogP contribution in [0.25, 0.3) is 6.08 Å². The molecule has 0 aliphatic rings. The van der Waals surface area contributed by atoms with Gasteiger partial charge in [-0.1, -0.05) is 60.1 Å². The van der Waals surface area contributed by atoms with E-state index in [0.29, 0.717) is 16.3 Å². The van der Waals surface area contributed by atoms with Crippen molar-refractivity contribution >= 4 is 27.5 Å². The molecule has 140 valence electrons. The van der Waals surface area contributed by atoms with Gasteiger partial charge < -0.3 is 4.74 Å². The molecule has 0 saturated carbocycles. The highest BCUT2D eigenvalue weighted by molar-refractivity contribution is 7.95. The monoisotopic (exact) mass is 409 g/mol. The van der Waals surface area contributed by atoms with Gasteiger partial charge in [-0.05, 0) is 42.0 Å². The van der Waals surface area contributed by atoms with E-state index in [1.165, 1.54) is 18.2 Å². The Morgan fingerprint density at radius 3 is 2.43 bits per heavy atom. The molecule has 0 radical (unpaired) electrons. The topological polar surface area (TPSA) is 67.2 Å². The van der Waals surface area contributed by atoms with Crippen LogP contribution < -0.4 is 4.74 Å². The van der Waals surface area contributed by atoms with Gasteiger partial charge in [-0.3, -0.25) is 0 Å². The molecular weight excluding hydrogens is 394 g/mol. The third kappa shape index (κ3) is 4.61. The number of halogens is 1. The number of para-hydroxylation sites is 1. The molecular formula is C22H16ClNO3S. The van der Waals surface area contributed by atoms with Crippen molar-refractivity contribution in [2.45, 2.75) is 11.5 Å². The lowest BCUT2D eigenvalue weighted by Gasteiger charge is -2.10. The van der Waals surface area contributed by atoms with E-state index in [1.807, 2.05) is 12.1 Å². The molecule has 4 nitrogen and oxygen atoms in total. The first-order valence-electron chi connectivity index (χ1n) is 8.39.